The molecule has 2 N–H and O–H groups in total. The Bertz CT molecular complexity index is 1000. The van der Waals surface area contributed by atoms with Gasteiger partial charge in [0, 0.05) is 18.9 Å². The number of carbonyl (C=O) groups is 2. The van der Waals surface area contributed by atoms with E-state index in [4.69, 9.17) is 4.74 Å². The van der Waals surface area contributed by atoms with Crippen molar-refractivity contribution in [2.24, 2.45) is 0 Å². The molecule has 0 bridgehead atoms. The number of benzene rings is 2. The maximum absolute atomic E-state index is 12.6. The quantitative estimate of drug-likeness (QED) is 0.647. The summed E-state index contributed by atoms with van der Waals surface area (Å²) in [6.07, 6.45) is 3.60. The Balaban J connectivity index is 1.64. The van der Waals surface area contributed by atoms with Crippen LogP contribution in [0, 0.1) is 6.92 Å². The zero-order chi connectivity index (χ0) is 20.6. The predicted molar refractivity (Wildman–Crippen MR) is 112 cm³/mol. The van der Waals surface area contributed by atoms with Crippen LogP contribution >= 0.6 is 0 Å². The van der Waals surface area contributed by atoms with E-state index in [0.29, 0.717) is 29.1 Å². The van der Waals surface area contributed by atoms with Crippen molar-refractivity contribution >= 4 is 17.5 Å². The van der Waals surface area contributed by atoms with Crippen LogP contribution in [0.2, 0.25) is 0 Å². The van der Waals surface area contributed by atoms with Crippen molar-refractivity contribution in [2.75, 3.05) is 19.0 Å². The molecular weight excluding hydrogens is 366 g/mol. The van der Waals surface area contributed by atoms with E-state index in [0.717, 1.165) is 17.5 Å². The molecule has 0 fully saturated rings. The molecule has 1 heterocycles. The van der Waals surface area contributed by atoms with Gasteiger partial charge in [0.15, 0.2) is 0 Å². The smallest absolute Gasteiger partial charge is 0.257 e. The Labute approximate surface area is 169 Å². The fourth-order valence-electron chi connectivity index (χ4n) is 2.87. The third-order valence-corrected chi connectivity index (χ3v) is 4.41. The van der Waals surface area contributed by atoms with E-state index in [9.17, 15) is 9.59 Å². The normalized spacial score (nSPS) is 10.3. The number of nitrogens with zero attached hydrogens (tertiary/aromatic N) is 1. The molecule has 3 rings (SSSR count). The Kier molecular flexibility index (Phi) is 6.58. The molecule has 0 atom stereocenters. The molecule has 0 unspecified atom stereocenters. The second-order valence-corrected chi connectivity index (χ2v) is 6.61. The fraction of sp³-hybridized carbons (Fsp3) is 0.174. The number of anilines is 1. The number of rotatable bonds is 7. The lowest BCUT2D eigenvalue weighted by Gasteiger charge is -2.11. The van der Waals surface area contributed by atoms with Crippen LogP contribution in [0.1, 0.15) is 31.8 Å². The molecular formula is C23H23N3O3. The van der Waals surface area contributed by atoms with Crippen LogP contribution in [0.15, 0.2) is 67.0 Å². The van der Waals surface area contributed by atoms with Crippen molar-refractivity contribution in [3.8, 4) is 5.75 Å². The molecule has 0 saturated heterocycles. The van der Waals surface area contributed by atoms with Gasteiger partial charge in [-0.15, -0.1) is 0 Å². The molecule has 0 aliphatic heterocycles. The molecule has 1 aromatic heterocycles. The summed E-state index contributed by atoms with van der Waals surface area (Å²) in [7, 11) is 1.54. The van der Waals surface area contributed by atoms with Gasteiger partial charge in [0.05, 0.1) is 23.9 Å². The molecule has 0 aliphatic carbocycles. The molecule has 2 amide bonds. The molecule has 6 heteroatoms. The van der Waals surface area contributed by atoms with Gasteiger partial charge in [-0.1, -0.05) is 36.4 Å². The lowest BCUT2D eigenvalue weighted by molar-refractivity contribution is 0.0953. The number of amides is 2. The van der Waals surface area contributed by atoms with Crippen LogP contribution in [-0.4, -0.2) is 30.5 Å². The minimum Gasteiger partial charge on any atom is -0.495 e. The van der Waals surface area contributed by atoms with Crippen LogP contribution in [0.3, 0.4) is 0 Å². The van der Waals surface area contributed by atoms with Gasteiger partial charge in [0.1, 0.15) is 5.75 Å². The first-order valence-electron chi connectivity index (χ1n) is 9.30. The molecule has 0 spiro atoms. The minimum absolute atomic E-state index is 0.267. The molecule has 2 aromatic carbocycles. The third kappa shape index (κ3) is 5.42. The predicted octanol–water partition coefficient (Wildman–Crippen LogP) is 3.62. The summed E-state index contributed by atoms with van der Waals surface area (Å²) in [4.78, 5) is 29.1. The second-order valence-electron chi connectivity index (χ2n) is 6.61. The molecule has 0 aliphatic rings. The second kappa shape index (κ2) is 9.50. The summed E-state index contributed by atoms with van der Waals surface area (Å²) in [5, 5.41) is 5.67. The monoisotopic (exact) mass is 389 g/mol. The van der Waals surface area contributed by atoms with E-state index in [1.165, 1.54) is 18.5 Å². The van der Waals surface area contributed by atoms with Crippen LogP contribution < -0.4 is 15.4 Å². The fourth-order valence-corrected chi connectivity index (χ4v) is 2.87. The summed E-state index contributed by atoms with van der Waals surface area (Å²) in [6.45, 7) is 2.43. The van der Waals surface area contributed by atoms with Gasteiger partial charge >= 0.3 is 0 Å². The standard InChI is InChI=1S/C23H23N3O3/c1-16-8-9-21(29-2)20(12-16)26-23(28)19-13-18(14-24-15-19)22(27)25-11-10-17-6-4-3-5-7-17/h3-9,12-15H,10-11H2,1-2H3,(H,25,27)(H,26,28). The van der Waals surface area contributed by atoms with Gasteiger partial charge in [0.25, 0.3) is 11.8 Å². The van der Waals surface area contributed by atoms with Gasteiger partial charge in [-0.2, -0.15) is 0 Å². The first-order chi connectivity index (χ1) is 14.1. The highest BCUT2D eigenvalue weighted by Gasteiger charge is 2.13. The largest absolute Gasteiger partial charge is 0.495 e. The first-order valence-corrected chi connectivity index (χ1v) is 9.30. The summed E-state index contributed by atoms with van der Waals surface area (Å²) < 4.78 is 5.29. The molecule has 0 radical (unpaired) electrons. The number of methoxy groups -OCH3 is 1. The lowest BCUT2D eigenvalue weighted by atomic mass is 10.1. The van der Waals surface area contributed by atoms with Gasteiger partial charge in [-0.3, -0.25) is 14.6 Å². The van der Waals surface area contributed by atoms with Crippen LogP contribution in [0.4, 0.5) is 5.69 Å². The number of aryl methyl sites for hydroxylation is 1. The van der Waals surface area contributed by atoms with Crippen LogP contribution in [0.5, 0.6) is 5.75 Å². The number of hydrogen-bond acceptors (Lipinski definition) is 4. The zero-order valence-corrected chi connectivity index (χ0v) is 16.4. The van der Waals surface area contributed by atoms with Crippen molar-refractivity contribution in [3.05, 3.63) is 89.2 Å². The third-order valence-electron chi connectivity index (χ3n) is 4.41. The summed E-state index contributed by atoms with van der Waals surface area (Å²) in [5.41, 5.74) is 3.33. The Morgan fingerprint density at radius 2 is 1.69 bits per heavy atom. The summed E-state index contributed by atoms with van der Waals surface area (Å²) in [6, 6.07) is 17.0. The lowest BCUT2D eigenvalue weighted by Crippen LogP contribution is -2.26. The average Bonchev–Trinajstić information content (AvgIpc) is 2.74. The number of pyridine rings is 1. The van der Waals surface area contributed by atoms with Crippen LogP contribution in [0.25, 0.3) is 0 Å². The number of hydrogen-bond donors (Lipinski definition) is 2. The van der Waals surface area contributed by atoms with Gasteiger partial charge in [-0.25, -0.2) is 0 Å². The van der Waals surface area contributed by atoms with E-state index in [1.54, 1.807) is 13.2 Å². The van der Waals surface area contributed by atoms with E-state index in [2.05, 4.69) is 15.6 Å². The molecule has 3 aromatic rings. The number of nitrogens with one attached hydrogen (secondary N) is 2. The maximum atomic E-state index is 12.6. The van der Waals surface area contributed by atoms with Crippen LogP contribution in [-0.2, 0) is 6.42 Å². The number of ether oxygens (including phenoxy) is 1. The van der Waals surface area contributed by atoms with E-state index in [-0.39, 0.29) is 11.8 Å². The van der Waals surface area contributed by atoms with E-state index < -0.39 is 0 Å². The number of carbonyl (C=O) groups excluding carboxylic acids is 2. The van der Waals surface area contributed by atoms with Crippen molar-refractivity contribution in [1.29, 1.82) is 0 Å². The summed E-state index contributed by atoms with van der Waals surface area (Å²) >= 11 is 0. The van der Waals surface area contributed by atoms with E-state index >= 15 is 0 Å². The Hall–Kier alpha value is -3.67. The Morgan fingerprint density at radius 1 is 0.966 bits per heavy atom. The minimum atomic E-state index is -0.361. The van der Waals surface area contributed by atoms with Crippen molar-refractivity contribution in [2.45, 2.75) is 13.3 Å². The number of aromatic nitrogens is 1. The molecule has 148 valence electrons. The topological polar surface area (TPSA) is 80.3 Å². The van der Waals surface area contributed by atoms with Gasteiger partial charge in [-0.05, 0) is 42.7 Å². The zero-order valence-electron chi connectivity index (χ0n) is 16.4. The molecule has 0 saturated carbocycles. The van der Waals surface area contributed by atoms with Crippen molar-refractivity contribution in [1.82, 2.24) is 10.3 Å². The van der Waals surface area contributed by atoms with Crippen molar-refractivity contribution in [3.63, 3.8) is 0 Å². The highest BCUT2D eigenvalue weighted by molar-refractivity contribution is 6.06. The van der Waals surface area contributed by atoms with Gasteiger partial charge in [0.2, 0.25) is 0 Å². The van der Waals surface area contributed by atoms with Gasteiger partial charge < -0.3 is 15.4 Å². The highest BCUT2D eigenvalue weighted by atomic mass is 16.5. The molecule has 29 heavy (non-hydrogen) atoms. The maximum Gasteiger partial charge on any atom is 0.257 e. The highest BCUT2D eigenvalue weighted by Crippen LogP contribution is 2.25. The first kappa shape index (κ1) is 20.1. The SMILES string of the molecule is COc1ccc(C)cc1NC(=O)c1cncc(C(=O)NCCc2ccccc2)c1. The van der Waals surface area contributed by atoms with E-state index in [1.807, 2.05) is 49.4 Å². The Morgan fingerprint density at radius 3 is 2.41 bits per heavy atom. The molecule has 6 nitrogen and oxygen atoms in total. The average molecular weight is 389 g/mol. The van der Waals surface area contributed by atoms with Crippen molar-refractivity contribution < 1.29 is 14.3 Å². The summed E-state index contributed by atoms with van der Waals surface area (Å²) in [5.74, 6) is -0.0664.